The normalized spacial score (nSPS) is 10.4. The van der Waals surface area contributed by atoms with Crippen LogP contribution in [0.5, 0.6) is 5.75 Å². The van der Waals surface area contributed by atoms with Crippen LogP contribution < -0.4 is 4.74 Å². The number of methoxy groups -OCH3 is 1. The molecule has 2 rings (SSSR count). The highest BCUT2D eigenvalue weighted by atomic mass is 35.5. The van der Waals surface area contributed by atoms with Gasteiger partial charge in [0.2, 0.25) is 17.3 Å². The molecular formula is C11H7ClFNO4. The topological polar surface area (TPSA) is 72.6 Å². The zero-order valence-electron chi connectivity index (χ0n) is 9.11. The minimum Gasteiger partial charge on any atom is -0.497 e. The van der Waals surface area contributed by atoms with E-state index in [1.54, 1.807) is 6.07 Å². The molecule has 0 saturated carbocycles. The van der Waals surface area contributed by atoms with Gasteiger partial charge in [-0.15, -0.1) is 0 Å². The van der Waals surface area contributed by atoms with E-state index in [0.717, 1.165) is 0 Å². The summed E-state index contributed by atoms with van der Waals surface area (Å²) in [6.45, 7) is 0. The number of carbonyl (C=O) groups is 1. The summed E-state index contributed by atoms with van der Waals surface area (Å²) in [7, 11) is 1.46. The van der Waals surface area contributed by atoms with Gasteiger partial charge < -0.3 is 14.4 Å². The summed E-state index contributed by atoms with van der Waals surface area (Å²) in [5.74, 6) is -2.40. The van der Waals surface area contributed by atoms with Crippen LogP contribution in [0.15, 0.2) is 22.7 Å². The highest BCUT2D eigenvalue weighted by Gasteiger charge is 2.24. The first-order valence-electron chi connectivity index (χ1n) is 4.77. The molecule has 5 nitrogen and oxygen atoms in total. The zero-order valence-corrected chi connectivity index (χ0v) is 9.86. The quantitative estimate of drug-likeness (QED) is 0.929. The molecule has 0 unspecified atom stereocenters. The van der Waals surface area contributed by atoms with E-state index in [2.05, 4.69) is 9.68 Å². The van der Waals surface area contributed by atoms with Crippen LogP contribution in [0.1, 0.15) is 10.5 Å². The molecule has 0 bridgehead atoms. The van der Waals surface area contributed by atoms with Crippen molar-refractivity contribution in [2.45, 2.75) is 0 Å². The number of nitrogens with zero attached hydrogens (tertiary/aromatic N) is 1. The van der Waals surface area contributed by atoms with E-state index < -0.39 is 17.5 Å². The molecule has 0 saturated heterocycles. The number of rotatable bonds is 3. The maximum Gasteiger partial charge on any atom is 0.361 e. The number of ether oxygens (including phenoxy) is 1. The van der Waals surface area contributed by atoms with Gasteiger partial charge in [-0.1, -0.05) is 16.8 Å². The highest BCUT2D eigenvalue weighted by molar-refractivity contribution is 6.33. The second kappa shape index (κ2) is 4.66. The van der Waals surface area contributed by atoms with Crippen LogP contribution in [0.4, 0.5) is 4.39 Å². The first-order chi connectivity index (χ1) is 8.54. The molecule has 0 fully saturated rings. The number of hydrogen-bond acceptors (Lipinski definition) is 4. The largest absolute Gasteiger partial charge is 0.497 e. The van der Waals surface area contributed by atoms with Crippen molar-refractivity contribution in [1.29, 1.82) is 0 Å². The summed E-state index contributed by atoms with van der Waals surface area (Å²) in [6, 6.07) is 4.46. The Kier molecular flexibility index (Phi) is 3.20. The number of carboxylic acid groups (broad SMARTS) is 1. The van der Waals surface area contributed by atoms with Crippen molar-refractivity contribution in [3.8, 4) is 17.1 Å². The standard InChI is InChI=1S/C11H7ClFNO4/c1-17-5-2-3-6(7(12)4-5)10-8(13)9(11(15)16)14-18-10/h2-4H,1H3,(H,15,16). The summed E-state index contributed by atoms with van der Waals surface area (Å²) in [6.07, 6.45) is 0. The molecule has 1 heterocycles. The van der Waals surface area contributed by atoms with Gasteiger partial charge in [0.15, 0.2) is 0 Å². The zero-order chi connectivity index (χ0) is 13.3. The molecule has 2 aromatic rings. The Hall–Kier alpha value is -2.08. The lowest BCUT2D eigenvalue weighted by molar-refractivity contribution is 0.0681. The molecule has 0 aliphatic carbocycles. The Labute approximate surface area is 106 Å². The van der Waals surface area contributed by atoms with Gasteiger partial charge in [0, 0.05) is 5.56 Å². The maximum absolute atomic E-state index is 13.7. The van der Waals surface area contributed by atoms with E-state index in [-0.39, 0.29) is 16.3 Å². The van der Waals surface area contributed by atoms with Crippen LogP contribution >= 0.6 is 11.6 Å². The predicted octanol–water partition coefficient (Wildman–Crippen LogP) is 2.84. The average molecular weight is 272 g/mol. The van der Waals surface area contributed by atoms with E-state index in [1.807, 2.05) is 0 Å². The van der Waals surface area contributed by atoms with Gasteiger partial charge in [-0.05, 0) is 18.2 Å². The summed E-state index contributed by atoms with van der Waals surface area (Å²) in [4.78, 5) is 10.6. The second-order valence-corrected chi connectivity index (χ2v) is 3.73. The molecule has 1 N–H and O–H groups in total. The SMILES string of the molecule is COc1ccc(-c2onc(C(=O)O)c2F)c(Cl)c1. The fourth-order valence-corrected chi connectivity index (χ4v) is 1.64. The average Bonchev–Trinajstić information content (AvgIpc) is 2.71. The minimum absolute atomic E-state index is 0.168. The molecule has 0 spiro atoms. The molecule has 1 aromatic carbocycles. The van der Waals surface area contributed by atoms with E-state index in [4.69, 9.17) is 21.4 Å². The summed E-state index contributed by atoms with van der Waals surface area (Å²) in [5.41, 5.74) is -0.577. The van der Waals surface area contributed by atoms with Crippen molar-refractivity contribution >= 4 is 17.6 Å². The molecule has 0 aliphatic rings. The number of hydrogen-bond donors (Lipinski definition) is 1. The Morgan fingerprint density at radius 2 is 2.28 bits per heavy atom. The lowest BCUT2D eigenvalue weighted by atomic mass is 10.1. The van der Waals surface area contributed by atoms with Crippen LogP contribution in [0.3, 0.4) is 0 Å². The molecule has 0 atom stereocenters. The van der Waals surface area contributed by atoms with Gasteiger partial charge in [-0.3, -0.25) is 0 Å². The van der Waals surface area contributed by atoms with Crippen molar-refractivity contribution in [3.05, 3.63) is 34.7 Å². The highest BCUT2D eigenvalue weighted by Crippen LogP contribution is 2.33. The van der Waals surface area contributed by atoms with Crippen molar-refractivity contribution < 1.29 is 23.6 Å². The third-order valence-electron chi connectivity index (χ3n) is 2.26. The third kappa shape index (κ3) is 2.02. The number of aromatic nitrogens is 1. The van der Waals surface area contributed by atoms with Gasteiger partial charge in [-0.2, -0.15) is 4.39 Å². The van der Waals surface area contributed by atoms with Gasteiger partial charge in [0.25, 0.3) is 0 Å². The Bertz CT molecular complexity index is 611. The lowest BCUT2D eigenvalue weighted by Gasteiger charge is -2.03. The molecule has 0 aliphatic heterocycles. The molecule has 0 amide bonds. The lowest BCUT2D eigenvalue weighted by Crippen LogP contribution is -1.99. The summed E-state index contributed by atoms with van der Waals surface area (Å²) in [5, 5.41) is 12.0. The fourth-order valence-electron chi connectivity index (χ4n) is 1.39. The van der Waals surface area contributed by atoms with Gasteiger partial charge in [-0.25, -0.2) is 4.79 Å². The van der Waals surface area contributed by atoms with Crippen molar-refractivity contribution in [2.24, 2.45) is 0 Å². The number of aromatic carboxylic acids is 1. The monoisotopic (exact) mass is 271 g/mol. The number of halogens is 2. The van der Waals surface area contributed by atoms with Gasteiger partial charge >= 0.3 is 5.97 Å². The Morgan fingerprint density at radius 3 is 2.78 bits per heavy atom. The van der Waals surface area contributed by atoms with Crippen LogP contribution in [0, 0.1) is 5.82 Å². The van der Waals surface area contributed by atoms with E-state index >= 15 is 0 Å². The van der Waals surface area contributed by atoms with Crippen molar-refractivity contribution in [1.82, 2.24) is 5.16 Å². The summed E-state index contributed by atoms with van der Waals surface area (Å²) < 4.78 is 23.3. The second-order valence-electron chi connectivity index (χ2n) is 3.33. The molecule has 18 heavy (non-hydrogen) atoms. The van der Waals surface area contributed by atoms with Crippen LogP contribution in [0.25, 0.3) is 11.3 Å². The van der Waals surface area contributed by atoms with E-state index in [0.29, 0.717) is 5.75 Å². The molecule has 1 aromatic heterocycles. The van der Waals surface area contributed by atoms with E-state index in [9.17, 15) is 9.18 Å². The number of carboxylic acids is 1. The maximum atomic E-state index is 13.7. The van der Waals surface area contributed by atoms with Crippen LogP contribution in [-0.4, -0.2) is 23.3 Å². The first kappa shape index (κ1) is 12.4. The predicted molar refractivity (Wildman–Crippen MR) is 60.4 cm³/mol. The smallest absolute Gasteiger partial charge is 0.361 e. The molecule has 0 radical (unpaired) electrons. The minimum atomic E-state index is -1.51. The Balaban J connectivity index is 2.52. The molecular weight excluding hydrogens is 265 g/mol. The van der Waals surface area contributed by atoms with Gasteiger partial charge in [0.1, 0.15) is 5.75 Å². The number of benzene rings is 1. The van der Waals surface area contributed by atoms with Crippen LogP contribution in [-0.2, 0) is 0 Å². The fraction of sp³-hybridized carbons (Fsp3) is 0.0909. The molecule has 94 valence electrons. The van der Waals surface area contributed by atoms with Crippen molar-refractivity contribution in [3.63, 3.8) is 0 Å². The molecule has 7 heteroatoms. The van der Waals surface area contributed by atoms with Crippen LogP contribution in [0.2, 0.25) is 5.02 Å². The van der Waals surface area contributed by atoms with Crippen molar-refractivity contribution in [2.75, 3.05) is 7.11 Å². The first-order valence-corrected chi connectivity index (χ1v) is 5.14. The Morgan fingerprint density at radius 1 is 1.56 bits per heavy atom. The third-order valence-corrected chi connectivity index (χ3v) is 2.57. The van der Waals surface area contributed by atoms with E-state index in [1.165, 1.54) is 19.2 Å². The summed E-state index contributed by atoms with van der Waals surface area (Å²) >= 11 is 5.92. The van der Waals surface area contributed by atoms with Gasteiger partial charge in [0.05, 0.1) is 12.1 Å².